The number of halogens is 1. The number of amides is 2. The van der Waals surface area contributed by atoms with Gasteiger partial charge in [-0.2, -0.15) is 0 Å². The van der Waals surface area contributed by atoms with E-state index in [1.807, 2.05) is 4.98 Å². The number of H-pyrrole nitrogens is 2. The van der Waals surface area contributed by atoms with Gasteiger partial charge in [-0.15, -0.1) is 0 Å². The van der Waals surface area contributed by atoms with Crippen LogP contribution in [0.2, 0.25) is 0 Å². The minimum absolute atomic E-state index is 0.112. The molecule has 0 fully saturated rings. The van der Waals surface area contributed by atoms with Crippen molar-refractivity contribution in [3.63, 3.8) is 0 Å². The summed E-state index contributed by atoms with van der Waals surface area (Å²) in [5, 5.41) is 4.64. The molecule has 0 bridgehead atoms. The number of nitrogens with one attached hydrogen (secondary N) is 4. The highest BCUT2D eigenvalue weighted by Gasteiger charge is 2.06. The van der Waals surface area contributed by atoms with E-state index in [1.165, 1.54) is 24.3 Å². The van der Waals surface area contributed by atoms with Crippen LogP contribution in [0.25, 0.3) is 0 Å². The lowest BCUT2D eigenvalue weighted by Crippen LogP contribution is -2.28. The van der Waals surface area contributed by atoms with E-state index in [4.69, 9.17) is 0 Å². The van der Waals surface area contributed by atoms with E-state index in [1.54, 1.807) is 0 Å². The van der Waals surface area contributed by atoms with Gasteiger partial charge in [-0.25, -0.2) is 14.0 Å². The van der Waals surface area contributed by atoms with Crippen LogP contribution in [0.15, 0.2) is 40.1 Å². The molecule has 1 aromatic heterocycles. The van der Waals surface area contributed by atoms with Crippen LogP contribution in [-0.2, 0) is 0 Å². The molecule has 2 aromatic rings. The van der Waals surface area contributed by atoms with E-state index in [0.717, 1.165) is 6.20 Å². The van der Waals surface area contributed by atoms with Gasteiger partial charge in [-0.1, -0.05) is 0 Å². The maximum Gasteiger partial charge on any atom is 0.325 e. The Morgan fingerprint density at radius 3 is 2.42 bits per heavy atom. The number of rotatable bonds is 2. The number of carbonyl (C=O) groups excluding carboxylic acids is 1. The van der Waals surface area contributed by atoms with Crippen molar-refractivity contribution in [2.45, 2.75) is 0 Å². The highest BCUT2D eigenvalue weighted by molar-refractivity contribution is 5.99. The predicted octanol–water partition coefficient (Wildman–Crippen LogP) is 0.846. The summed E-state index contributed by atoms with van der Waals surface area (Å²) < 4.78 is 12.7. The lowest BCUT2D eigenvalue weighted by molar-refractivity contribution is 0.262. The highest BCUT2D eigenvalue weighted by atomic mass is 19.1. The molecule has 0 atom stereocenters. The van der Waals surface area contributed by atoms with Crippen molar-refractivity contribution >= 4 is 17.4 Å². The maximum atomic E-state index is 12.7. The molecule has 0 unspecified atom stereocenters. The molecule has 4 N–H and O–H groups in total. The van der Waals surface area contributed by atoms with E-state index in [-0.39, 0.29) is 5.69 Å². The third kappa shape index (κ3) is 3.28. The number of carbonyl (C=O) groups is 1. The van der Waals surface area contributed by atoms with Gasteiger partial charge in [0.25, 0.3) is 5.56 Å². The third-order valence-corrected chi connectivity index (χ3v) is 2.17. The molecule has 1 heterocycles. The van der Waals surface area contributed by atoms with Gasteiger partial charge in [0, 0.05) is 11.9 Å². The van der Waals surface area contributed by atoms with Crippen molar-refractivity contribution in [1.82, 2.24) is 9.97 Å². The van der Waals surface area contributed by atoms with Crippen LogP contribution in [0, 0.1) is 5.82 Å². The van der Waals surface area contributed by atoms with E-state index in [0.29, 0.717) is 5.69 Å². The quantitative estimate of drug-likeness (QED) is 0.645. The first kappa shape index (κ1) is 12.6. The minimum atomic E-state index is -0.724. The number of hydrogen-bond donors (Lipinski definition) is 4. The van der Waals surface area contributed by atoms with Gasteiger partial charge in [0.05, 0.1) is 0 Å². The molecule has 0 aliphatic heterocycles. The Hall–Kier alpha value is -2.90. The fraction of sp³-hybridized carbons (Fsp3) is 0. The van der Waals surface area contributed by atoms with E-state index in [9.17, 15) is 18.8 Å². The van der Waals surface area contributed by atoms with Crippen LogP contribution in [0.5, 0.6) is 0 Å². The largest absolute Gasteiger partial charge is 0.325 e. The minimum Gasteiger partial charge on any atom is -0.312 e. The Morgan fingerprint density at radius 2 is 1.79 bits per heavy atom. The fourth-order valence-electron chi connectivity index (χ4n) is 1.32. The van der Waals surface area contributed by atoms with Gasteiger partial charge in [0.1, 0.15) is 11.5 Å². The summed E-state index contributed by atoms with van der Waals surface area (Å²) in [6.07, 6.45) is 1.07. The second kappa shape index (κ2) is 5.17. The first-order valence-corrected chi connectivity index (χ1v) is 5.20. The number of hydrogen-bond acceptors (Lipinski definition) is 3. The van der Waals surface area contributed by atoms with Crippen LogP contribution in [0.3, 0.4) is 0 Å². The van der Waals surface area contributed by atoms with Gasteiger partial charge < -0.3 is 15.6 Å². The summed E-state index contributed by atoms with van der Waals surface area (Å²) in [6, 6.07) is 4.41. The molecule has 0 aliphatic rings. The molecule has 2 rings (SSSR count). The molecule has 0 aliphatic carbocycles. The van der Waals surface area contributed by atoms with Crippen molar-refractivity contribution in [3.05, 3.63) is 57.1 Å². The summed E-state index contributed by atoms with van der Waals surface area (Å²) in [5.41, 5.74) is -1.15. The van der Waals surface area contributed by atoms with Crippen molar-refractivity contribution in [2.24, 2.45) is 0 Å². The van der Waals surface area contributed by atoms with Gasteiger partial charge in [0.15, 0.2) is 0 Å². The Balaban J connectivity index is 2.07. The third-order valence-electron chi connectivity index (χ3n) is 2.17. The summed E-state index contributed by atoms with van der Waals surface area (Å²) in [7, 11) is 0. The van der Waals surface area contributed by atoms with Crippen molar-refractivity contribution in [3.8, 4) is 0 Å². The first-order chi connectivity index (χ1) is 9.04. The molecule has 0 radical (unpaired) electrons. The molecule has 98 valence electrons. The van der Waals surface area contributed by atoms with Crippen LogP contribution in [0.1, 0.15) is 0 Å². The standard InChI is InChI=1S/C11H9FN4O3/c12-6-1-3-7(4-2-6)14-11(19)15-8-5-13-10(18)16-9(8)17/h1-5H,(H2,14,15,19)(H2,13,16,17,18). The lowest BCUT2D eigenvalue weighted by Gasteiger charge is -2.06. The molecule has 19 heavy (non-hydrogen) atoms. The van der Waals surface area contributed by atoms with Crippen molar-refractivity contribution in [2.75, 3.05) is 10.6 Å². The molecule has 0 spiro atoms. The molecule has 7 nitrogen and oxygen atoms in total. The van der Waals surface area contributed by atoms with Crippen molar-refractivity contribution in [1.29, 1.82) is 0 Å². The second-order valence-electron chi connectivity index (χ2n) is 3.57. The average Bonchev–Trinajstić information content (AvgIpc) is 2.36. The van der Waals surface area contributed by atoms with Gasteiger partial charge in [-0.3, -0.25) is 9.78 Å². The number of aromatic nitrogens is 2. The molecule has 0 saturated carbocycles. The number of urea groups is 1. The zero-order valence-corrected chi connectivity index (χ0v) is 9.49. The van der Waals surface area contributed by atoms with E-state index in [2.05, 4.69) is 15.6 Å². The average molecular weight is 264 g/mol. The summed E-state index contributed by atoms with van der Waals surface area (Å²) in [5.74, 6) is -0.428. The Labute approximate surface area is 105 Å². The number of aromatic amines is 2. The SMILES string of the molecule is O=C(Nc1ccc(F)cc1)Nc1c[nH]c(=O)[nH]c1=O. The topological polar surface area (TPSA) is 107 Å². The van der Waals surface area contributed by atoms with Gasteiger partial charge in [0.2, 0.25) is 0 Å². The molecule has 0 saturated heterocycles. The Morgan fingerprint density at radius 1 is 1.11 bits per heavy atom. The number of anilines is 2. The van der Waals surface area contributed by atoms with Crippen LogP contribution >= 0.6 is 0 Å². The second-order valence-corrected chi connectivity index (χ2v) is 3.57. The van der Waals surface area contributed by atoms with E-state index >= 15 is 0 Å². The maximum absolute atomic E-state index is 12.7. The highest BCUT2D eigenvalue weighted by Crippen LogP contribution is 2.08. The summed E-state index contributed by atoms with van der Waals surface area (Å²) in [6.45, 7) is 0. The smallest absolute Gasteiger partial charge is 0.312 e. The predicted molar refractivity (Wildman–Crippen MR) is 66.7 cm³/mol. The molecular formula is C11H9FN4O3. The van der Waals surface area contributed by atoms with Gasteiger partial charge >= 0.3 is 11.7 Å². The monoisotopic (exact) mass is 264 g/mol. The van der Waals surface area contributed by atoms with Gasteiger partial charge in [-0.05, 0) is 24.3 Å². The zero-order chi connectivity index (χ0) is 13.8. The molecule has 8 heteroatoms. The van der Waals surface area contributed by atoms with Crippen molar-refractivity contribution < 1.29 is 9.18 Å². The lowest BCUT2D eigenvalue weighted by atomic mass is 10.3. The first-order valence-electron chi connectivity index (χ1n) is 5.20. The fourth-order valence-corrected chi connectivity index (χ4v) is 1.32. The number of benzene rings is 1. The summed E-state index contributed by atoms with van der Waals surface area (Å²) in [4.78, 5) is 37.8. The summed E-state index contributed by atoms with van der Waals surface area (Å²) >= 11 is 0. The normalized spacial score (nSPS) is 9.95. The van der Waals surface area contributed by atoms with Crippen LogP contribution < -0.4 is 21.9 Å². The molecule has 1 aromatic carbocycles. The van der Waals surface area contributed by atoms with Crippen LogP contribution in [-0.4, -0.2) is 16.0 Å². The Bertz CT molecular complexity index is 705. The molecular weight excluding hydrogens is 255 g/mol. The zero-order valence-electron chi connectivity index (χ0n) is 9.49. The van der Waals surface area contributed by atoms with E-state index < -0.39 is 23.1 Å². The Kier molecular flexibility index (Phi) is 3.42. The van der Waals surface area contributed by atoms with Crippen LogP contribution in [0.4, 0.5) is 20.6 Å². The molecule has 2 amide bonds.